The zero-order chi connectivity index (χ0) is 16.7. The first-order valence-electron chi connectivity index (χ1n) is 7.73. The molecular weight excluding hydrogens is 298 g/mol. The quantitative estimate of drug-likeness (QED) is 0.858. The highest BCUT2D eigenvalue weighted by atomic mass is 16.5. The molecule has 2 atom stereocenters. The van der Waals surface area contributed by atoms with Crippen LogP contribution in [0.15, 0.2) is 30.3 Å². The molecule has 7 heteroatoms. The molecule has 1 aromatic carbocycles. The number of urea groups is 1. The normalized spacial score (nSPS) is 20.8. The molecular formula is C16H23N3O4. The van der Waals surface area contributed by atoms with Crippen LogP contribution in [0.5, 0.6) is 0 Å². The number of primary amides is 1. The van der Waals surface area contributed by atoms with Crippen molar-refractivity contribution in [3.05, 3.63) is 35.9 Å². The van der Waals surface area contributed by atoms with Gasteiger partial charge in [0.15, 0.2) is 0 Å². The number of carbonyl (C=O) groups excluding carboxylic acids is 2. The van der Waals surface area contributed by atoms with Crippen molar-refractivity contribution in [2.75, 3.05) is 19.7 Å². The summed E-state index contributed by atoms with van der Waals surface area (Å²) in [7, 11) is 0. The molecule has 0 saturated carbocycles. The summed E-state index contributed by atoms with van der Waals surface area (Å²) in [6.45, 7) is 3.43. The number of likely N-dealkylation sites (tertiary alicyclic amines) is 1. The van der Waals surface area contributed by atoms with Gasteiger partial charge in [0.25, 0.3) is 0 Å². The summed E-state index contributed by atoms with van der Waals surface area (Å²) >= 11 is 0. The minimum Gasteiger partial charge on any atom is -0.445 e. The number of nitrogens with two attached hydrogens (primary N) is 1. The Morgan fingerprint density at radius 3 is 2.74 bits per heavy atom. The second-order valence-corrected chi connectivity index (χ2v) is 5.38. The summed E-state index contributed by atoms with van der Waals surface area (Å²) in [5.74, 6) is 0. The van der Waals surface area contributed by atoms with Crippen molar-refractivity contribution < 1.29 is 19.1 Å². The van der Waals surface area contributed by atoms with E-state index in [4.69, 9.17) is 15.2 Å². The number of carbonyl (C=O) groups is 2. The van der Waals surface area contributed by atoms with Gasteiger partial charge in [0.1, 0.15) is 6.61 Å². The van der Waals surface area contributed by atoms with E-state index >= 15 is 0 Å². The number of nitrogens with one attached hydrogen (secondary N) is 1. The zero-order valence-corrected chi connectivity index (χ0v) is 13.2. The van der Waals surface area contributed by atoms with Gasteiger partial charge in [-0.2, -0.15) is 0 Å². The van der Waals surface area contributed by atoms with Gasteiger partial charge in [0.2, 0.25) is 0 Å². The lowest BCUT2D eigenvalue weighted by Crippen LogP contribution is -2.57. The second kappa shape index (κ2) is 8.38. The Morgan fingerprint density at radius 2 is 2.09 bits per heavy atom. The predicted octanol–water partition coefficient (Wildman–Crippen LogP) is 1.47. The molecule has 7 nitrogen and oxygen atoms in total. The third-order valence-corrected chi connectivity index (χ3v) is 3.77. The van der Waals surface area contributed by atoms with E-state index in [2.05, 4.69) is 5.32 Å². The van der Waals surface area contributed by atoms with Crippen LogP contribution >= 0.6 is 0 Å². The van der Waals surface area contributed by atoms with E-state index in [0.717, 1.165) is 5.56 Å². The number of piperidine rings is 1. The molecule has 0 aromatic heterocycles. The van der Waals surface area contributed by atoms with E-state index in [-0.39, 0.29) is 18.8 Å². The topological polar surface area (TPSA) is 93.9 Å². The lowest BCUT2D eigenvalue weighted by molar-refractivity contribution is -0.00599. The Morgan fingerprint density at radius 1 is 1.35 bits per heavy atom. The van der Waals surface area contributed by atoms with Crippen molar-refractivity contribution in [3.8, 4) is 0 Å². The van der Waals surface area contributed by atoms with E-state index in [9.17, 15) is 9.59 Å². The Hall–Kier alpha value is -2.28. The minimum absolute atomic E-state index is 0.200. The smallest absolute Gasteiger partial charge is 0.407 e. The maximum absolute atomic E-state index is 12.0. The molecule has 1 heterocycles. The van der Waals surface area contributed by atoms with E-state index < -0.39 is 12.1 Å². The third-order valence-electron chi connectivity index (χ3n) is 3.77. The molecule has 1 aliphatic heterocycles. The Balaban J connectivity index is 1.84. The number of alkyl carbamates (subject to hydrolysis) is 1. The summed E-state index contributed by atoms with van der Waals surface area (Å²) < 4.78 is 10.8. The molecule has 0 radical (unpaired) electrons. The monoisotopic (exact) mass is 321 g/mol. The fourth-order valence-corrected chi connectivity index (χ4v) is 2.58. The lowest BCUT2D eigenvalue weighted by Gasteiger charge is -2.37. The SMILES string of the molecule is CCOC1CN(C(N)=O)CCC1NC(=O)OCc1ccccc1. The van der Waals surface area contributed by atoms with E-state index in [1.165, 1.54) is 4.90 Å². The molecule has 23 heavy (non-hydrogen) atoms. The van der Waals surface area contributed by atoms with E-state index in [1.54, 1.807) is 0 Å². The first kappa shape index (κ1) is 17.1. The zero-order valence-electron chi connectivity index (χ0n) is 13.2. The molecule has 1 saturated heterocycles. The standard InChI is InChI=1S/C16H23N3O4/c1-2-22-14-10-19(15(17)20)9-8-13(14)18-16(21)23-11-12-6-4-3-5-7-12/h3-7,13-14H,2,8-11H2,1H3,(H2,17,20)(H,18,21). The second-order valence-electron chi connectivity index (χ2n) is 5.38. The van der Waals surface area contributed by atoms with Gasteiger partial charge >= 0.3 is 12.1 Å². The Kier molecular flexibility index (Phi) is 6.22. The maximum atomic E-state index is 12.0. The highest BCUT2D eigenvalue weighted by molar-refractivity contribution is 5.72. The van der Waals surface area contributed by atoms with E-state index in [0.29, 0.717) is 26.1 Å². The minimum atomic E-state index is -0.490. The van der Waals surface area contributed by atoms with Crippen molar-refractivity contribution in [3.63, 3.8) is 0 Å². The van der Waals surface area contributed by atoms with Crippen LogP contribution in [0.2, 0.25) is 0 Å². The molecule has 1 fully saturated rings. The van der Waals surface area contributed by atoms with Gasteiger partial charge in [-0.3, -0.25) is 0 Å². The summed E-state index contributed by atoms with van der Waals surface area (Å²) in [5, 5.41) is 2.82. The molecule has 0 spiro atoms. The van der Waals surface area contributed by atoms with Crippen LogP contribution < -0.4 is 11.1 Å². The fraction of sp³-hybridized carbons (Fsp3) is 0.500. The van der Waals surface area contributed by atoms with Gasteiger partial charge in [-0.25, -0.2) is 9.59 Å². The van der Waals surface area contributed by atoms with Crippen LogP contribution in [0.1, 0.15) is 18.9 Å². The lowest BCUT2D eigenvalue weighted by atomic mass is 10.0. The number of hydrogen-bond donors (Lipinski definition) is 2. The molecule has 2 rings (SSSR count). The average molecular weight is 321 g/mol. The third kappa shape index (κ3) is 5.14. The van der Waals surface area contributed by atoms with Crippen LogP contribution in [-0.2, 0) is 16.1 Å². The van der Waals surface area contributed by atoms with Gasteiger partial charge in [0.05, 0.1) is 18.7 Å². The van der Waals surface area contributed by atoms with Gasteiger partial charge in [0, 0.05) is 13.2 Å². The van der Waals surface area contributed by atoms with Gasteiger partial charge < -0.3 is 25.4 Å². The molecule has 1 aliphatic rings. The van der Waals surface area contributed by atoms with Crippen LogP contribution in [0.25, 0.3) is 0 Å². The van der Waals surface area contributed by atoms with Crippen molar-refractivity contribution in [1.29, 1.82) is 0 Å². The largest absolute Gasteiger partial charge is 0.445 e. The number of ether oxygens (including phenoxy) is 2. The molecule has 1 aromatic rings. The van der Waals surface area contributed by atoms with Crippen LogP contribution in [0.4, 0.5) is 9.59 Å². The number of benzene rings is 1. The van der Waals surface area contributed by atoms with Crippen LogP contribution in [0, 0.1) is 0 Å². The van der Waals surface area contributed by atoms with Crippen LogP contribution in [0.3, 0.4) is 0 Å². The van der Waals surface area contributed by atoms with E-state index in [1.807, 2.05) is 37.3 Å². The fourth-order valence-electron chi connectivity index (χ4n) is 2.58. The van der Waals surface area contributed by atoms with Crippen molar-refractivity contribution in [2.45, 2.75) is 32.1 Å². The predicted molar refractivity (Wildman–Crippen MR) is 84.7 cm³/mol. The highest BCUT2D eigenvalue weighted by Crippen LogP contribution is 2.14. The van der Waals surface area contributed by atoms with Gasteiger partial charge in [-0.1, -0.05) is 30.3 Å². The van der Waals surface area contributed by atoms with Gasteiger partial charge in [-0.15, -0.1) is 0 Å². The van der Waals surface area contributed by atoms with Gasteiger partial charge in [-0.05, 0) is 18.9 Å². The molecule has 0 bridgehead atoms. The molecule has 126 valence electrons. The number of hydrogen-bond acceptors (Lipinski definition) is 4. The summed E-state index contributed by atoms with van der Waals surface area (Å²) in [6, 6.07) is 8.79. The first-order valence-corrected chi connectivity index (χ1v) is 7.73. The summed E-state index contributed by atoms with van der Waals surface area (Å²) in [4.78, 5) is 24.8. The average Bonchev–Trinajstić information content (AvgIpc) is 2.55. The summed E-state index contributed by atoms with van der Waals surface area (Å²) in [5.41, 5.74) is 6.23. The Bertz CT molecular complexity index is 523. The first-order chi connectivity index (χ1) is 11.1. The molecule has 3 amide bonds. The number of amides is 3. The number of nitrogens with zero attached hydrogens (tertiary/aromatic N) is 1. The number of rotatable bonds is 5. The molecule has 2 unspecified atom stereocenters. The Labute approximate surface area is 135 Å². The summed E-state index contributed by atoms with van der Waals surface area (Å²) in [6.07, 6.45) is -0.199. The van der Waals surface area contributed by atoms with Crippen molar-refractivity contribution in [1.82, 2.24) is 10.2 Å². The molecule has 3 N–H and O–H groups in total. The van der Waals surface area contributed by atoms with Crippen LogP contribution in [-0.4, -0.2) is 48.9 Å². The highest BCUT2D eigenvalue weighted by Gasteiger charge is 2.32. The van der Waals surface area contributed by atoms with Crippen molar-refractivity contribution in [2.24, 2.45) is 5.73 Å². The molecule has 0 aliphatic carbocycles. The van der Waals surface area contributed by atoms with Crippen molar-refractivity contribution >= 4 is 12.1 Å². The maximum Gasteiger partial charge on any atom is 0.407 e.